The van der Waals surface area contributed by atoms with Crippen LogP contribution in [-0.2, 0) is 11.3 Å². The lowest BCUT2D eigenvalue weighted by Crippen LogP contribution is -2.30. The molecule has 0 saturated carbocycles. The van der Waals surface area contributed by atoms with Crippen molar-refractivity contribution in [3.05, 3.63) is 41.2 Å². The Balaban J connectivity index is 0.00000242. The Kier molecular flexibility index (Phi) is 7.38. The Hall–Kier alpha value is -1.56. The molecule has 5 nitrogen and oxygen atoms in total. The fourth-order valence-electron chi connectivity index (χ4n) is 2.06. The molecule has 2 rings (SSSR count). The number of oxazole rings is 1. The van der Waals surface area contributed by atoms with Gasteiger partial charge in [0.15, 0.2) is 0 Å². The lowest BCUT2D eigenvalue weighted by atomic mass is 10.2. The van der Waals surface area contributed by atoms with Crippen LogP contribution < -0.4 is 0 Å². The van der Waals surface area contributed by atoms with Crippen molar-refractivity contribution in [2.24, 2.45) is 0 Å². The first-order valence-electron chi connectivity index (χ1n) is 6.73. The molecule has 1 N–H and O–H groups in total. The molecule has 0 radical (unpaired) electrons. The summed E-state index contributed by atoms with van der Waals surface area (Å²) in [4.78, 5) is 17.1. The molecule has 7 heteroatoms. The Labute approximate surface area is 140 Å². The number of benzene rings is 1. The number of aromatic nitrogens is 1. The molecule has 22 heavy (non-hydrogen) atoms. The van der Waals surface area contributed by atoms with E-state index in [1.54, 1.807) is 18.4 Å². The average Bonchev–Trinajstić information content (AvgIpc) is 2.87. The first-order chi connectivity index (χ1) is 10.1. The fraction of sp³-hybridized carbons (Fsp3) is 0.333. The Morgan fingerprint density at radius 2 is 2.05 bits per heavy atom. The van der Waals surface area contributed by atoms with Gasteiger partial charge in [0.25, 0.3) is 0 Å². The van der Waals surface area contributed by atoms with E-state index in [1.807, 2.05) is 24.0 Å². The third-order valence-corrected chi connectivity index (χ3v) is 3.18. The maximum absolute atomic E-state index is 10.8. The molecule has 0 saturated heterocycles. The minimum Gasteiger partial charge on any atom is -0.480 e. The predicted octanol–water partition coefficient (Wildman–Crippen LogP) is 3.71. The van der Waals surface area contributed by atoms with E-state index in [0.29, 0.717) is 24.0 Å². The molecule has 0 aliphatic heterocycles. The summed E-state index contributed by atoms with van der Waals surface area (Å²) in [5, 5.41) is 9.55. The normalized spacial score (nSPS) is 10.5. The van der Waals surface area contributed by atoms with Crippen molar-refractivity contribution >= 4 is 30.0 Å². The highest BCUT2D eigenvalue weighted by molar-refractivity contribution is 6.30. The van der Waals surface area contributed by atoms with Gasteiger partial charge in [-0.05, 0) is 37.2 Å². The fourth-order valence-corrected chi connectivity index (χ4v) is 2.18. The van der Waals surface area contributed by atoms with E-state index in [-0.39, 0.29) is 19.0 Å². The molecule has 1 aromatic heterocycles. The van der Waals surface area contributed by atoms with Gasteiger partial charge in [-0.2, -0.15) is 0 Å². The van der Waals surface area contributed by atoms with Crippen LogP contribution in [-0.4, -0.2) is 34.0 Å². The molecule has 0 spiro atoms. The molecular weight excluding hydrogens is 327 g/mol. The number of rotatable bonds is 7. The van der Waals surface area contributed by atoms with E-state index in [9.17, 15) is 4.79 Å². The maximum Gasteiger partial charge on any atom is 0.317 e. The second-order valence-corrected chi connectivity index (χ2v) is 5.19. The van der Waals surface area contributed by atoms with Crippen LogP contribution in [0.5, 0.6) is 0 Å². The smallest absolute Gasteiger partial charge is 0.317 e. The summed E-state index contributed by atoms with van der Waals surface area (Å²) in [6.45, 7) is 3.17. The van der Waals surface area contributed by atoms with Crippen molar-refractivity contribution in [2.45, 2.75) is 19.9 Å². The van der Waals surface area contributed by atoms with Gasteiger partial charge in [-0.25, -0.2) is 4.98 Å². The number of aliphatic carboxylic acids is 1. The quantitative estimate of drug-likeness (QED) is 0.829. The predicted molar refractivity (Wildman–Crippen MR) is 87.4 cm³/mol. The Morgan fingerprint density at radius 3 is 2.64 bits per heavy atom. The standard InChI is InChI=1S/C15H17ClN2O3.ClH/c1-2-7-18(9-14(19)20)8-13-10-21-15(17-13)11-3-5-12(16)6-4-11;/h3-6,10H,2,7-9H2,1H3,(H,19,20);1H. The molecule has 0 atom stereocenters. The molecule has 0 fully saturated rings. The molecule has 0 aliphatic rings. The van der Waals surface area contributed by atoms with Crippen molar-refractivity contribution in [1.29, 1.82) is 0 Å². The summed E-state index contributed by atoms with van der Waals surface area (Å²) in [6.07, 6.45) is 2.45. The van der Waals surface area contributed by atoms with Crippen LogP contribution in [0.25, 0.3) is 11.5 Å². The average molecular weight is 345 g/mol. The summed E-state index contributed by atoms with van der Waals surface area (Å²) in [5.74, 6) is -0.335. The summed E-state index contributed by atoms with van der Waals surface area (Å²) < 4.78 is 5.45. The van der Waals surface area contributed by atoms with Gasteiger partial charge < -0.3 is 9.52 Å². The Morgan fingerprint density at radius 1 is 1.36 bits per heavy atom. The van der Waals surface area contributed by atoms with Crippen LogP contribution in [0, 0.1) is 0 Å². The third kappa shape index (κ3) is 5.33. The van der Waals surface area contributed by atoms with E-state index in [4.69, 9.17) is 21.1 Å². The molecule has 0 aliphatic carbocycles. The lowest BCUT2D eigenvalue weighted by Gasteiger charge is -2.17. The van der Waals surface area contributed by atoms with Gasteiger partial charge in [-0.1, -0.05) is 18.5 Å². The number of carboxylic acid groups (broad SMARTS) is 1. The van der Waals surface area contributed by atoms with Crippen LogP contribution in [0.3, 0.4) is 0 Å². The van der Waals surface area contributed by atoms with Crippen molar-refractivity contribution < 1.29 is 14.3 Å². The van der Waals surface area contributed by atoms with Crippen molar-refractivity contribution in [1.82, 2.24) is 9.88 Å². The molecule has 0 unspecified atom stereocenters. The number of nitrogens with zero attached hydrogens (tertiary/aromatic N) is 2. The monoisotopic (exact) mass is 344 g/mol. The summed E-state index contributed by atoms with van der Waals surface area (Å²) >= 11 is 5.84. The van der Waals surface area contributed by atoms with Crippen molar-refractivity contribution in [2.75, 3.05) is 13.1 Å². The van der Waals surface area contributed by atoms with Gasteiger partial charge in [0.2, 0.25) is 5.89 Å². The highest BCUT2D eigenvalue weighted by atomic mass is 35.5. The van der Waals surface area contributed by atoms with E-state index in [0.717, 1.165) is 17.7 Å². The van der Waals surface area contributed by atoms with Crippen LogP contribution >= 0.6 is 24.0 Å². The molecular formula is C15H18Cl2N2O3. The van der Waals surface area contributed by atoms with Gasteiger partial charge in [-0.15, -0.1) is 12.4 Å². The molecule has 2 aromatic rings. The third-order valence-electron chi connectivity index (χ3n) is 2.93. The maximum atomic E-state index is 10.8. The van der Waals surface area contributed by atoms with Crippen LogP contribution in [0.1, 0.15) is 19.0 Å². The number of hydrogen-bond acceptors (Lipinski definition) is 4. The number of hydrogen-bond donors (Lipinski definition) is 1. The first-order valence-corrected chi connectivity index (χ1v) is 7.10. The van der Waals surface area contributed by atoms with Crippen molar-refractivity contribution in [3.63, 3.8) is 0 Å². The van der Waals surface area contributed by atoms with Crippen LogP contribution in [0.4, 0.5) is 0 Å². The van der Waals surface area contributed by atoms with E-state index < -0.39 is 5.97 Å². The second kappa shape index (κ2) is 8.78. The lowest BCUT2D eigenvalue weighted by molar-refractivity contribution is -0.138. The number of halogens is 2. The van der Waals surface area contributed by atoms with Gasteiger partial charge in [0, 0.05) is 17.1 Å². The topological polar surface area (TPSA) is 66.6 Å². The highest BCUT2D eigenvalue weighted by Gasteiger charge is 2.13. The zero-order valence-corrected chi connectivity index (χ0v) is 13.7. The first kappa shape index (κ1) is 18.5. The van der Waals surface area contributed by atoms with E-state index in [2.05, 4.69) is 4.98 Å². The molecule has 0 amide bonds. The summed E-state index contributed by atoms with van der Waals surface area (Å²) in [6, 6.07) is 7.21. The zero-order valence-electron chi connectivity index (χ0n) is 12.2. The summed E-state index contributed by atoms with van der Waals surface area (Å²) in [5.41, 5.74) is 1.56. The summed E-state index contributed by atoms with van der Waals surface area (Å²) in [7, 11) is 0. The van der Waals surface area contributed by atoms with Gasteiger partial charge in [0.1, 0.15) is 6.26 Å². The molecule has 1 aromatic carbocycles. The van der Waals surface area contributed by atoms with E-state index in [1.165, 1.54) is 0 Å². The Bertz CT molecular complexity index is 599. The molecule has 120 valence electrons. The van der Waals surface area contributed by atoms with Gasteiger partial charge in [0.05, 0.1) is 12.2 Å². The SMILES string of the molecule is CCCN(CC(=O)O)Cc1coc(-c2ccc(Cl)cc2)n1.Cl. The van der Waals surface area contributed by atoms with Gasteiger partial charge >= 0.3 is 5.97 Å². The minimum atomic E-state index is -0.843. The zero-order chi connectivity index (χ0) is 15.2. The number of carbonyl (C=O) groups is 1. The highest BCUT2D eigenvalue weighted by Crippen LogP contribution is 2.21. The largest absolute Gasteiger partial charge is 0.480 e. The van der Waals surface area contributed by atoms with E-state index >= 15 is 0 Å². The number of carboxylic acids is 1. The second-order valence-electron chi connectivity index (χ2n) is 4.76. The van der Waals surface area contributed by atoms with Crippen molar-refractivity contribution in [3.8, 4) is 11.5 Å². The molecule has 0 bridgehead atoms. The minimum absolute atomic E-state index is 0. The van der Waals surface area contributed by atoms with Gasteiger partial charge in [-0.3, -0.25) is 9.69 Å². The van der Waals surface area contributed by atoms with Crippen LogP contribution in [0.2, 0.25) is 5.02 Å². The molecule has 1 heterocycles. The van der Waals surface area contributed by atoms with Crippen LogP contribution in [0.15, 0.2) is 34.9 Å².